The molecule has 2 aromatic rings. The smallest absolute Gasteiger partial charge is 0.272 e. The van der Waals surface area contributed by atoms with Gasteiger partial charge in [-0.1, -0.05) is 29.7 Å². The van der Waals surface area contributed by atoms with Crippen LogP contribution in [0.4, 0.5) is 0 Å². The number of aliphatic hydroxyl groups excluding tert-OH is 1. The topological polar surface area (TPSA) is 98.0 Å². The molecular weight excluding hydrogens is 304 g/mol. The Kier molecular flexibility index (Phi) is 4.21. The van der Waals surface area contributed by atoms with E-state index >= 15 is 0 Å². The number of nitrogens with zero attached hydrogens (tertiary/aromatic N) is 4. The molecule has 1 heterocycles. The Balaban J connectivity index is 1.66. The molecule has 7 nitrogen and oxygen atoms in total. The summed E-state index contributed by atoms with van der Waals surface area (Å²) in [7, 11) is -3.52. The third-order valence-corrected chi connectivity index (χ3v) is 5.48. The number of hydrogen-bond acceptors (Lipinski definition) is 6. The zero-order chi connectivity index (χ0) is 15.6. The third-order valence-electron chi connectivity index (χ3n) is 3.84. The number of hydrogen-bond donors (Lipinski definition) is 1. The van der Waals surface area contributed by atoms with Gasteiger partial charge in [0, 0.05) is 0 Å². The van der Waals surface area contributed by atoms with Gasteiger partial charge in [0.25, 0.3) is 5.16 Å². The lowest BCUT2D eigenvalue weighted by Crippen LogP contribution is -2.14. The first-order valence-corrected chi connectivity index (χ1v) is 8.98. The summed E-state index contributed by atoms with van der Waals surface area (Å²) in [4.78, 5) is 0. The Morgan fingerprint density at radius 1 is 1.23 bits per heavy atom. The lowest BCUT2D eigenvalue weighted by Gasteiger charge is -2.05. The van der Waals surface area contributed by atoms with Crippen molar-refractivity contribution in [2.75, 3.05) is 5.75 Å². The molecule has 1 aromatic carbocycles. The Bertz CT molecular complexity index is 730. The fraction of sp³-hybridized carbons (Fsp3) is 0.500. The molecule has 1 aliphatic rings. The predicted octanol–water partition coefficient (Wildman–Crippen LogP) is 0.987. The number of unbranched alkanes of at least 4 members (excludes halogenated alkanes) is 1. The summed E-state index contributed by atoms with van der Waals surface area (Å²) in [5.41, 5.74) is 0.618. The molecule has 118 valence electrons. The average molecular weight is 322 g/mol. The first kappa shape index (κ1) is 15.1. The number of para-hydroxylation sites is 1. The summed E-state index contributed by atoms with van der Waals surface area (Å²) in [5, 5.41) is 20.1. The van der Waals surface area contributed by atoms with Gasteiger partial charge >= 0.3 is 0 Å². The van der Waals surface area contributed by atoms with Crippen molar-refractivity contribution in [3.8, 4) is 5.69 Å². The number of tetrazole rings is 1. The lowest BCUT2D eigenvalue weighted by atomic mass is 10.2. The highest BCUT2D eigenvalue weighted by Crippen LogP contribution is 2.34. The summed E-state index contributed by atoms with van der Waals surface area (Å²) in [6.45, 7) is 0. The van der Waals surface area contributed by atoms with Crippen LogP contribution in [0.25, 0.3) is 5.69 Å². The van der Waals surface area contributed by atoms with Gasteiger partial charge in [0.2, 0.25) is 9.84 Å². The van der Waals surface area contributed by atoms with Gasteiger partial charge < -0.3 is 5.11 Å². The van der Waals surface area contributed by atoms with Crippen LogP contribution < -0.4 is 0 Å². The molecule has 0 aliphatic heterocycles. The average Bonchev–Trinajstić information content (AvgIpc) is 3.02. The SMILES string of the molecule is O=S(=O)(CCCC[C@@H]1C[C@H]1O)c1nnnn1-c1ccccc1. The molecule has 1 aliphatic carbocycles. The molecule has 0 amide bonds. The monoisotopic (exact) mass is 322 g/mol. The summed E-state index contributed by atoms with van der Waals surface area (Å²) in [6, 6.07) is 8.95. The number of rotatable bonds is 7. The van der Waals surface area contributed by atoms with E-state index < -0.39 is 9.84 Å². The Morgan fingerprint density at radius 2 is 1.95 bits per heavy atom. The molecular formula is C14H18N4O3S. The van der Waals surface area contributed by atoms with Crippen LogP contribution in [-0.4, -0.2) is 45.6 Å². The molecule has 0 saturated heterocycles. The highest BCUT2D eigenvalue weighted by Gasteiger charge is 2.34. The van der Waals surface area contributed by atoms with Crippen LogP contribution in [0.5, 0.6) is 0 Å². The van der Waals surface area contributed by atoms with Gasteiger partial charge in [-0.15, -0.1) is 0 Å². The van der Waals surface area contributed by atoms with E-state index in [0.29, 0.717) is 18.0 Å². The number of benzene rings is 1. The van der Waals surface area contributed by atoms with Crippen molar-refractivity contribution in [2.24, 2.45) is 5.92 Å². The van der Waals surface area contributed by atoms with Crippen LogP contribution in [0.15, 0.2) is 35.5 Å². The van der Waals surface area contributed by atoms with Crippen LogP contribution in [-0.2, 0) is 9.84 Å². The summed E-state index contributed by atoms with van der Waals surface area (Å²) in [6.07, 6.45) is 2.88. The first-order chi connectivity index (χ1) is 10.6. The van der Waals surface area contributed by atoms with Crippen molar-refractivity contribution >= 4 is 9.84 Å². The van der Waals surface area contributed by atoms with Crippen molar-refractivity contribution in [1.82, 2.24) is 20.2 Å². The highest BCUT2D eigenvalue weighted by molar-refractivity contribution is 7.91. The second-order valence-corrected chi connectivity index (χ2v) is 7.59. The standard InChI is InChI=1S/C14H18N4O3S/c19-13-10-11(13)6-4-5-9-22(20,21)14-15-16-17-18(14)12-7-2-1-3-8-12/h1-3,7-8,11,13,19H,4-6,9-10H2/t11-,13-/m1/s1. The molecule has 0 bridgehead atoms. The quantitative estimate of drug-likeness (QED) is 0.763. The van der Waals surface area contributed by atoms with E-state index in [1.54, 1.807) is 24.3 Å². The van der Waals surface area contributed by atoms with Crippen LogP contribution in [0.2, 0.25) is 0 Å². The van der Waals surface area contributed by atoms with Crippen molar-refractivity contribution in [3.05, 3.63) is 30.3 Å². The maximum Gasteiger partial charge on any atom is 0.272 e. The lowest BCUT2D eigenvalue weighted by molar-refractivity contribution is 0.256. The largest absolute Gasteiger partial charge is 0.393 e. The van der Waals surface area contributed by atoms with E-state index in [4.69, 9.17) is 0 Å². The highest BCUT2D eigenvalue weighted by atomic mass is 32.2. The molecule has 1 saturated carbocycles. The molecule has 8 heteroatoms. The first-order valence-electron chi connectivity index (χ1n) is 7.32. The molecule has 3 rings (SSSR count). The molecule has 0 spiro atoms. The minimum Gasteiger partial charge on any atom is -0.393 e. The van der Waals surface area contributed by atoms with Gasteiger partial charge in [-0.05, 0) is 47.7 Å². The van der Waals surface area contributed by atoms with Crippen LogP contribution >= 0.6 is 0 Å². The minimum absolute atomic E-state index is 0.0169. The summed E-state index contributed by atoms with van der Waals surface area (Å²) < 4.78 is 26.0. The molecule has 22 heavy (non-hydrogen) atoms. The Morgan fingerprint density at radius 3 is 2.64 bits per heavy atom. The maximum atomic E-state index is 12.4. The molecule has 0 radical (unpaired) electrons. The van der Waals surface area contributed by atoms with E-state index in [2.05, 4.69) is 15.5 Å². The molecule has 2 atom stereocenters. The van der Waals surface area contributed by atoms with Crippen molar-refractivity contribution in [2.45, 2.75) is 36.9 Å². The number of sulfone groups is 1. The zero-order valence-electron chi connectivity index (χ0n) is 12.0. The molecule has 1 N–H and O–H groups in total. The molecule has 0 unspecified atom stereocenters. The normalized spacial score (nSPS) is 21.0. The number of aliphatic hydroxyl groups is 1. The van der Waals surface area contributed by atoms with Gasteiger partial charge in [0.15, 0.2) is 0 Å². The second kappa shape index (κ2) is 6.13. The van der Waals surface area contributed by atoms with E-state index in [-0.39, 0.29) is 17.0 Å². The zero-order valence-corrected chi connectivity index (χ0v) is 12.9. The molecule has 1 aromatic heterocycles. The summed E-state index contributed by atoms with van der Waals surface area (Å²) >= 11 is 0. The van der Waals surface area contributed by atoms with Crippen molar-refractivity contribution in [1.29, 1.82) is 0 Å². The van der Waals surface area contributed by atoms with Gasteiger partial charge in [-0.25, -0.2) is 8.42 Å². The molecule has 1 fully saturated rings. The fourth-order valence-electron chi connectivity index (χ4n) is 2.44. The van der Waals surface area contributed by atoms with E-state index in [0.717, 1.165) is 19.3 Å². The van der Waals surface area contributed by atoms with Crippen LogP contribution in [0.1, 0.15) is 25.7 Å². The van der Waals surface area contributed by atoms with E-state index in [1.807, 2.05) is 6.07 Å². The number of aromatic nitrogens is 4. The van der Waals surface area contributed by atoms with Crippen molar-refractivity contribution in [3.63, 3.8) is 0 Å². The summed E-state index contributed by atoms with van der Waals surface area (Å²) in [5.74, 6) is 0.376. The Hall–Kier alpha value is -1.80. The van der Waals surface area contributed by atoms with Crippen LogP contribution in [0.3, 0.4) is 0 Å². The van der Waals surface area contributed by atoms with Gasteiger partial charge in [-0.3, -0.25) is 0 Å². The van der Waals surface area contributed by atoms with E-state index in [9.17, 15) is 13.5 Å². The van der Waals surface area contributed by atoms with Gasteiger partial charge in [0.05, 0.1) is 17.5 Å². The van der Waals surface area contributed by atoms with Gasteiger partial charge in [0.1, 0.15) is 0 Å². The fourth-order valence-corrected chi connectivity index (χ4v) is 3.77. The maximum absolute atomic E-state index is 12.4. The third kappa shape index (κ3) is 3.33. The predicted molar refractivity (Wildman–Crippen MR) is 79.2 cm³/mol. The van der Waals surface area contributed by atoms with Gasteiger partial charge in [-0.2, -0.15) is 4.68 Å². The van der Waals surface area contributed by atoms with E-state index in [1.165, 1.54) is 4.68 Å². The second-order valence-electron chi connectivity index (χ2n) is 5.59. The van der Waals surface area contributed by atoms with Crippen molar-refractivity contribution < 1.29 is 13.5 Å². The Labute approximate surface area is 128 Å². The van der Waals surface area contributed by atoms with Crippen LogP contribution in [0, 0.1) is 5.92 Å². The minimum atomic E-state index is -3.52.